The number of carboxylic acids is 1. The van der Waals surface area contributed by atoms with E-state index in [1.807, 2.05) is 6.92 Å². The lowest BCUT2D eigenvalue weighted by Crippen LogP contribution is -2.37. The average molecular weight is 228 g/mol. The number of nitrogens with two attached hydrogens (primary N) is 1. The molecule has 0 aromatic heterocycles. The van der Waals surface area contributed by atoms with Gasteiger partial charge in [0.1, 0.15) is 0 Å². The van der Waals surface area contributed by atoms with Gasteiger partial charge in [0.15, 0.2) is 0 Å². The molecule has 1 saturated carbocycles. The lowest BCUT2D eigenvalue weighted by atomic mass is 10.1. The molecule has 1 amide bonds. The minimum Gasteiger partial charge on any atom is -0.481 e. The zero-order chi connectivity index (χ0) is 12.1. The zero-order valence-corrected chi connectivity index (χ0v) is 9.61. The summed E-state index contributed by atoms with van der Waals surface area (Å²) < 4.78 is 0. The Bertz CT molecular complexity index is 268. The highest BCUT2D eigenvalue weighted by atomic mass is 16.4. The fourth-order valence-corrected chi connectivity index (χ4v) is 2.03. The first-order chi connectivity index (χ1) is 7.49. The summed E-state index contributed by atoms with van der Waals surface area (Å²) in [4.78, 5) is 22.1. The monoisotopic (exact) mass is 228 g/mol. The standard InChI is InChI=1S/C11H20N2O3/c1-7(2-5-10(14)15)13-11(16)8-3-4-9(12)6-8/h7-9H,2-6,12H2,1H3,(H,13,16)(H,14,15). The molecule has 5 heteroatoms. The summed E-state index contributed by atoms with van der Waals surface area (Å²) in [5.74, 6) is -0.794. The van der Waals surface area contributed by atoms with Crippen LogP contribution < -0.4 is 11.1 Å². The second-order valence-corrected chi connectivity index (χ2v) is 4.61. The summed E-state index contributed by atoms with van der Waals surface area (Å²) in [5, 5.41) is 11.4. The molecule has 1 fully saturated rings. The number of carbonyl (C=O) groups excluding carboxylic acids is 1. The van der Waals surface area contributed by atoms with Crippen molar-refractivity contribution in [2.75, 3.05) is 0 Å². The summed E-state index contributed by atoms with van der Waals surface area (Å²) in [5.41, 5.74) is 5.73. The molecule has 0 bridgehead atoms. The van der Waals surface area contributed by atoms with Gasteiger partial charge in [-0.3, -0.25) is 9.59 Å². The van der Waals surface area contributed by atoms with Crippen LogP contribution in [0.5, 0.6) is 0 Å². The first-order valence-electron chi connectivity index (χ1n) is 5.76. The number of aliphatic carboxylic acids is 1. The number of carboxylic acid groups (broad SMARTS) is 1. The van der Waals surface area contributed by atoms with Crippen LogP contribution in [0.25, 0.3) is 0 Å². The molecule has 3 atom stereocenters. The van der Waals surface area contributed by atoms with Crippen molar-refractivity contribution in [3.63, 3.8) is 0 Å². The van der Waals surface area contributed by atoms with Crippen LogP contribution in [0.4, 0.5) is 0 Å². The molecule has 3 unspecified atom stereocenters. The Morgan fingerprint density at radius 3 is 2.69 bits per heavy atom. The Kier molecular flexibility index (Phi) is 4.73. The van der Waals surface area contributed by atoms with E-state index < -0.39 is 5.97 Å². The van der Waals surface area contributed by atoms with Crippen molar-refractivity contribution in [2.45, 2.75) is 51.1 Å². The number of hydrogen-bond acceptors (Lipinski definition) is 3. The van der Waals surface area contributed by atoms with Gasteiger partial charge >= 0.3 is 5.97 Å². The van der Waals surface area contributed by atoms with E-state index in [4.69, 9.17) is 10.8 Å². The van der Waals surface area contributed by atoms with E-state index in [0.717, 1.165) is 19.3 Å². The molecule has 5 nitrogen and oxygen atoms in total. The molecule has 16 heavy (non-hydrogen) atoms. The van der Waals surface area contributed by atoms with Crippen LogP contribution in [-0.4, -0.2) is 29.1 Å². The lowest BCUT2D eigenvalue weighted by Gasteiger charge is -2.16. The zero-order valence-electron chi connectivity index (χ0n) is 9.61. The molecule has 0 radical (unpaired) electrons. The van der Waals surface area contributed by atoms with E-state index >= 15 is 0 Å². The van der Waals surface area contributed by atoms with Gasteiger partial charge in [0, 0.05) is 24.4 Å². The van der Waals surface area contributed by atoms with Gasteiger partial charge in [-0.05, 0) is 32.6 Å². The van der Waals surface area contributed by atoms with Crippen LogP contribution in [0, 0.1) is 5.92 Å². The maximum absolute atomic E-state index is 11.7. The molecule has 0 saturated heterocycles. The Hall–Kier alpha value is -1.10. The van der Waals surface area contributed by atoms with Crippen LogP contribution in [0.15, 0.2) is 0 Å². The van der Waals surface area contributed by atoms with Crippen molar-refractivity contribution in [2.24, 2.45) is 11.7 Å². The molecule has 4 N–H and O–H groups in total. The van der Waals surface area contributed by atoms with E-state index in [1.54, 1.807) is 0 Å². The Morgan fingerprint density at radius 1 is 1.50 bits per heavy atom. The number of amides is 1. The maximum atomic E-state index is 11.7. The van der Waals surface area contributed by atoms with Crippen molar-refractivity contribution in [3.8, 4) is 0 Å². The Morgan fingerprint density at radius 2 is 2.19 bits per heavy atom. The smallest absolute Gasteiger partial charge is 0.303 e. The van der Waals surface area contributed by atoms with Crippen molar-refractivity contribution in [1.29, 1.82) is 0 Å². The van der Waals surface area contributed by atoms with E-state index in [-0.39, 0.29) is 30.3 Å². The van der Waals surface area contributed by atoms with E-state index in [1.165, 1.54) is 0 Å². The third kappa shape index (κ3) is 4.18. The van der Waals surface area contributed by atoms with Gasteiger partial charge in [-0.25, -0.2) is 0 Å². The molecule has 92 valence electrons. The summed E-state index contributed by atoms with van der Waals surface area (Å²) in [6.45, 7) is 1.83. The van der Waals surface area contributed by atoms with Gasteiger partial charge in [-0.15, -0.1) is 0 Å². The highest BCUT2D eigenvalue weighted by molar-refractivity contribution is 5.79. The normalized spacial score (nSPS) is 26.4. The predicted molar refractivity (Wildman–Crippen MR) is 59.8 cm³/mol. The molecule has 0 aromatic carbocycles. The van der Waals surface area contributed by atoms with Crippen LogP contribution in [0.1, 0.15) is 39.0 Å². The lowest BCUT2D eigenvalue weighted by molar-refractivity contribution is -0.137. The van der Waals surface area contributed by atoms with Crippen molar-refractivity contribution in [3.05, 3.63) is 0 Å². The summed E-state index contributed by atoms with van der Waals surface area (Å²) in [6.07, 6.45) is 3.06. The predicted octanol–water partition coefficient (Wildman–Crippen LogP) is 0.483. The highest BCUT2D eigenvalue weighted by Crippen LogP contribution is 2.24. The summed E-state index contributed by atoms with van der Waals surface area (Å²) in [6, 6.07) is 0.0606. The molecule has 1 aliphatic rings. The van der Waals surface area contributed by atoms with Gasteiger partial charge in [0.25, 0.3) is 0 Å². The number of nitrogens with one attached hydrogen (secondary N) is 1. The van der Waals surface area contributed by atoms with E-state index in [2.05, 4.69) is 5.32 Å². The van der Waals surface area contributed by atoms with Gasteiger partial charge in [0.2, 0.25) is 5.91 Å². The molecule has 1 rings (SSSR count). The fourth-order valence-electron chi connectivity index (χ4n) is 2.03. The third-order valence-corrected chi connectivity index (χ3v) is 3.02. The van der Waals surface area contributed by atoms with Crippen LogP contribution in [-0.2, 0) is 9.59 Å². The number of hydrogen-bond donors (Lipinski definition) is 3. The first-order valence-corrected chi connectivity index (χ1v) is 5.76. The molecule has 0 aromatic rings. The molecule has 1 aliphatic carbocycles. The van der Waals surface area contributed by atoms with Gasteiger partial charge < -0.3 is 16.2 Å². The molecular weight excluding hydrogens is 208 g/mol. The second kappa shape index (κ2) is 5.84. The minimum atomic E-state index is -0.830. The summed E-state index contributed by atoms with van der Waals surface area (Å²) in [7, 11) is 0. The molecule has 0 spiro atoms. The Labute approximate surface area is 95.4 Å². The molecular formula is C11H20N2O3. The average Bonchev–Trinajstić information content (AvgIpc) is 2.62. The molecule has 0 aliphatic heterocycles. The quantitative estimate of drug-likeness (QED) is 0.638. The second-order valence-electron chi connectivity index (χ2n) is 4.61. The van der Waals surface area contributed by atoms with Crippen LogP contribution in [0.2, 0.25) is 0 Å². The fraction of sp³-hybridized carbons (Fsp3) is 0.818. The molecule has 0 heterocycles. The SMILES string of the molecule is CC(CCC(=O)O)NC(=O)C1CCC(N)C1. The van der Waals surface area contributed by atoms with E-state index in [9.17, 15) is 9.59 Å². The van der Waals surface area contributed by atoms with Crippen molar-refractivity contribution >= 4 is 11.9 Å². The number of carbonyl (C=O) groups is 2. The van der Waals surface area contributed by atoms with Gasteiger partial charge in [0.05, 0.1) is 0 Å². The van der Waals surface area contributed by atoms with Crippen LogP contribution in [0.3, 0.4) is 0 Å². The third-order valence-electron chi connectivity index (χ3n) is 3.02. The highest BCUT2D eigenvalue weighted by Gasteiger charge is 2.28. The van der Waals surface area contributed by atoms with Gasteiger partial charge in [-0.2, -0.15) is 0 Å². The first kappa shape index (κ1) is 13.0. The van der Waals surface area contributed by atoms with Gasteiger partial charge in [-0.1, -0.05) is 0 Å². The maximum Gasteiger partial charge on any atom is 0.303 e. The minimum absolute atomic E-state index is 0.0160. The Balaban J connectivity index is 2.25. The summed E-state index contributed by atoms with van der Waals surface area (Å²) >= 11 is 0. The van der Waals surface area contributed by atoms with Crippen molar-refractivity contribution in [1.82, 2.24) is 5.32 Å². The largest absolute Gasteiger partial charge is 0.481 e. The van der Waals surface area contributed by atoms with Crippen molar-refractivity contribution < 1.29 is 14.7 Å². The topological polar surface area (TPSA) is 92.4 Å². The van der Waals surface area contributed by atoms with E-state index in [0.29, 0.717) is 6.42 Å². The van der Waals surface area contributed by atoms with Crippen LogP contribution >= 0.6 is 0 Å². The number of rotatable bonds is 5.